The van der Waals surface area contributed by atoms with Gasteiger partial charge in [0.1, 0.15) is 0 Å². The van der Waals surface area contributed by atoms with Gasteiger partial charge in [-0.05, 0) is 13.3 Å². The van der Waals surface area contributed by atoms with Crippen LogP contribution in [0.1, 0.15) is 13.3 Å². The Morgan fingerprint density at radius 3 is 2.70 bits per heavy atom. The number of rotatable bonds is 4. The van der Waals surface area contributed by atoms with E-state index in [0.29, 0.717) is 12.1 Å². The normalized spacial score (nSPS) is 8.50. The third-order valence-corrected chi connectivity index (χ3v) is 1.02. The predicted octanol–water partition coefficient (Wildman–Crippen LogP) is 1.25. The van der Waals surface area contributed by atoms with Crippen LogP contribution in [0, 0.1) is 0 Å². The Morgan fingerprint density at radius 1 is 1.70 bits per heavy atom. The molecule has 0 saturated carbocycles. The van der Waals surface area contributed by atoms with Crippen LogP contribution in [0.2, 0.25) is 0 Å². The molecule has 0 aromatic carbocycles. The van der Waals surface area contributed by atoms with E-state index < -0.39 is 0 Å². The van der Waals surface area contributed by atoms with Crippen molar-refractivity contribution in [1.82, 2.24) is 5.32 Å². The number of carbonyl (C=O) groups is 1. The van der Waals surface area contributed by atoms with Gasteiger partial charge >= 0.3 is 0 Å². The molecule has 0 aromatic rings. The fourth-order valence-corrected chi connectivity index (χ4v) is 0.439. The average molecular weight is 139 g/mol. The molecule has 1 amide bonds. The third kappa shape index (κ3) is 3.89. The van der Waals surface area contributed by atoms with Crippen molar-refractivity contribution in [2.75, 3.05) is 6.54 Å². The molecule has 56 valence electrons. The van der Waals surface area contributed by atoms with E-state index in [1.54, 1.807) is 13.0 Å². The standard InChI is InChI=1S/C8H13NO/c1-4-5-6-9-8(10)7(2)3/h4H,1-2,5-6H2,3H3,(H,9,10). The molecule has 0 bridgehead atoms. The third-order valence-electron chi connectivity index (χ3n) is 1.02. The van der Waals surface area contributed by atoms with Crippen LogP contribution in [0.5, 0.6) is 0 Å². The van der Waals surface area contributed by atoms with Crippen LogP contribution in [0.15, 0.2) is 24.8 Å². The van der Waals surface area contributed by atoms with Crippen molar-refractivity contribution >= 4 is 5.91 Å². The Morgan fingerprint density at radius 2 is 2.30 bits per heavy atom. The highest BCUT2D eigenvalue weighted by atomic mass is 16.1. The van der Waals surface area contributed by atoms with Gasteiger partial charge in [0, 0.05) is 12.1 Å². The summed E-state index contributed by atoms with van der Waals surface area (Å²) in [5.74, 6) is -0.0816. The summed E-state index contributed by atoms with van der Waals surface area (Å²) in [4.78, 5) is 10.8. The van der Waals surface area contributed by atoms with Crippen molar-refractivity contribution in [2.45, 2.75) is 13.3 Å². The zero-order valence-corrected chi connectivity index (χ0v) is 6.31. The number of amides is 1. The minimum atomic E-state index is -0.0816. The molecular weight excluding hydrogens is 126 g/mol. The first-order valence-corrected chi connectivity index (χ1v) is 3.23. The highest BCUT2D eigenvalue weighted by Gasteiger charge is 1.97. The Labute approximate surface area is 61.6 Å². The fraction of sp³-hybridized carbons (Fsp3) is 0.375. The number of carbonyl (C=O) groups excluding carboxylic acids is 1. The van der Waals surface area contributed by atoms with Crippen molar-refractivity contribution in [1.29, 1.82) is 0 Å². The molecule has 0 heterocycles. The SMILES string of the molecule is C=CCCNC(=O)C(=C)C. The van der Waals surface area contributed by atoms with Crippen molar-refractivity contribution in [3.8, 4) is 0 Å². The monoisotopic (exact) mass is 139 g/mol. The van der Waals surface area contributed by atoms with Gasteiger partial charge in [-0.2, -0.15) is 0 Å². The Bertz CT molecular complexity index is 149. The summed E-state index contributed by atoms with van der Waals surface area (Å²) in [6.45, 7) is 9.36. The Kier molecular flexibility index (Phi) is 4.29. The number of hydrogen-bond donors (Lipinski definition) is 1. The van der Waals surface area contributed by atoms with Crippen LogP contribution in [-0.4, -0.2) is 12.5 Å². The minimum absolute atomic E-state index is 0.0816. The van der Waals surface area contributed by atoms with Gasteiger partial charge < -0.3 is 5.32 Å². The summed E-state index contributed by atoms with van der Waals surface area (Å²) < 4.78 is 0. The summed E-state index contributed by atoms with van der Waals surface area (Å²) in [5.41, 5.74) is 0.545. The van der Waals surface area contributed by atoms with E-state index in [1.807, 2.05) is 0 Å². The van der Waals surface area contributed by atoms with E-state index in [2.05, 4.69) is 18.5 Å². The van der Waals surface area contributed by atoms with Crippen LogP contribution in [0.3, 0.4) is 0 Å². The van der Waals surface area contributed by atoms with E-state index in [0.717, 1.165) is 6.42 Å². The van der Waals surface area contributed by atoms with E-state index in [-0.39, 0.29) is 5.91 Å². The molecular formula is C8H13NO. The van der Waals surface area contributed by atoms with Crippen LogP contribution in [-0.2, 0) is 4.79 Å². The van der Waals surface area contributed by atoms with Gasteiger partial charge in [-0.15, -0.1) is 6.58 Å². The highest BCUT2D eigenvalue weighted by Crippen LogP contribution is 1.85. The molecule has 0 saturated heterocycles. The maximum atomic E-state index is 10.8. The topological polar surface area (TPSA) is 29.1 Å². The minimum Gasteiger partial charge on any atom is -0.352 e. The smallest absolute Gasteiger partial charge is 0.246 e. The maximum absolute atomic E-state index is 10.8. The molecule has 0 rings (SSSR count). The van der Waals surface area contributed by atoms with Crippen molar-refractivity contribution < 1.29 is 4.79 Å². The largest absolute Gasteiger partial charge is 0.352 e. The average Bonchev–Trinajstić information content (AvgIpc) is 1.88. The molecule has 10 heavy (non-hydrogen) atoms. The molecule has 0 radical (unpaired) electrons. The summed E-state index contributed by atoms with van der Waals surface area (Å²) in [6.07, 6.45) is 2.57. The summed E-state index contributed by atoms with van der Waals surface area (Å²) in [5, 5.41) is 2.67. The van der Waals surface area contributed by atoms with Gasteiger partial charge in [0.25, 0.3) is 0 Å². The fourth-order valence-electron chi connectivity index (χ4n) is 0.439. The first-order valence-electron chi connectivity index (χ1n) is 3.23. The van der Waals surface area contributed by atoms with Gasteiger partial charge in [-0.3, -0.25) is 4.79 Å². The van der Waals surface area contributed by atoms with Crippen LogP contribution < -0.4 is 5.32 Å². The highest BCUT2D eigenvalue weighted by molar-refractivity contribution is 5.91. The molecule has 0 atom stereocenters. The van der Waals surface area contributed by atoms with Gasteiger partial charge in [0.15, 0.2) is 0 Å². The lowest BCUT2D eigenvalue weighted by Crippen LogP contribution is -2.24. The van der Waals surface area contributed by atoms with Crippen LogP contribution in [0.25, 0.3) is 0 Å². The molecule has 1 N–H and O–H groups in total. The van der Waals surface area contributed by atoms with Gasteiger partial charge in [-0.25, -0.2) is 0 Å². The second-order valence-corrected chi connectivity index (χ2v) is 2.11. The van der Waals surface area contributed by atoms with Crippen LogP contribution >= 0.6 is 0 Å². The second kappa shape index (κ2) is 4.79. The summed E-state index contributed by atoms with van der Waals surface area (Å²) >= 11 is 0. The van der Waals surface area contributed by atoms with Gasteiger partial charge in [0.2, 0.25) is 5.91 Å². The number of hydrogen-bond acceptors (Lipinski definition) is 1. The lowest BCUT2D eigenvalue weighted by Gasteiger charge is -2.00. The zero-order valence-electron chi connectivity index (χ0n) is 6.31. The molecule has 2 heteroatoms. The summed E-state index contributed by atoms with van der Waals surface area (Å²) in [6, 6.07) is 0. The molecule has 0 spiro atoms. The van der Waals surface area contributed by atoms with E-state index in [9.17, 15) is 4.79 Å². The van der Waals surface area contributed by atoms with Crippen molar-refractivity contribution in [2.24, 2.45) is 0 Å². The van der Waals surface area contributed by atoms with Gasteiger partial charge in [0.05, 0.1) is 0 Å². The Balaban J connectivity index is 3.40. The van der Waals surface area contributed by atoms with Gasteiger partial charge in [-0.1, -0.05) is 12.7 Å². The van der Waals surface area contributed by atoms with Crippen molar-refractivity contribution in [3.63, 3.8) is 0 Å². The molecule has 0 fully saturated rings. The molecule has 2 nitrogen and oxygen atoms in total. The van der Waals surface area contributed by atoms with Crippen molar-refractivity contribution in [3.05, 3.63) is 24.8 Å². The van der Waals surface area contributed by atoms with E-state index >= 15 is 0 Å². The predicted molar refractivity (Wildman–Crippen MR) is 42.6 cm³/mol. The second-order valence-electron chi connectivity index (χ2n) is 2.11. The zero-order chi connectivity index (χ0) is 7.98. The van der Waals surface area contributed by atoms with Crippen LogP contribution in [0.4, 0.5) is 0 Å². The van der Waals surface area contributed by atoms with E-state index in [1.165, 1.54) is 0 Å². The number of nitrogens with one attached hydrogen (secondary N) is 1. The first kappa shape index (κ1) is 8.95. The first-order chi connectivity index (χ1) is 4.68. The molecule has 0 aliphatic rings. The molecule has 0 unspecified atom stereocenters. The molecule has 0 aliphatic heterocycles. The lowest BCUT2D eigenvalue weighted by atomic mass is 10.3. The maximum Gasteiger partial charge on any atom is 0.246 e. The molecule has 0 aliphatic carbocycles. The molecule has 0 aromatic heterocycles. The van der Waals surface area contributed by atoms with E-state index in [4.69, 9.17) is 0 Å². The quantitative estimate of drug-likeness (QED) is 0.354. The lowest BCUT2D eigenvalue weighted by molar-refractivity contribution is -0.117. The Hall–Kier alpha value is -1.05. The summed E-state index contributed by atoms with van der Waals surface area (Å²) in [7, 11) is 0.